The van der Waals surface area contributed by atoms with E-state index in [4.69, 9.17) is 4.74 Å². The second-order valence-electron chi connectivity index (χ2n) is 9.79. The summed E-state index contributed by atoms with van der Waals surface area (Å²) in [5.41, 5.74) is 1.05. The number of nitrogens with one attached hydrogen (secondary N) is 2. The second kappa shape index (κ2) is 14.8. The van der Waals surface area contributed by atoms with Crippen LogP contribution < -0.4 is 58.6 Å². The lowest BCUT2D eigenvalue weighted by atomic mass is 10.0. The van der Waals surface area contributed by atoms with Crippen molar-refractivity contribution >= 4 is 11.8 Å². The number of carbonyl (C=O) groups excluding carboxylic acids is 2. The van der Waals surface area contributed by atoms with E-state index in [-0.39, 0.29) is 59.8 Å². The molecular weight excluding hydrogens is 646 g/mol. The predicted octanol–water partition coefficient (Wildman–Crippen LogP) is -5.05. The fourth-order valence-corrected chi connectivity index (χ4v) is 4.66. The average molecular weight is 686 g/mol. The van der Waals surface area contributed by atoms with Gasteiger partial charge in [0.25, 0.3) is 5.91 Å². The van der Waals surface area contributed by atoms with E-state index in [0.29, 0.717) is 19.5 Å². The van der Waals surface area contributed by atoms with Gasteiger partial charge in [-0.05, 0) is 24.8 Å². The molecule has 2 amide bonds. The van der Waals surface area contributed by atoms with E-state index in [2.05, 4.69) is 24.7 Å². The number of rotatable bonds is 9. The van der Waals surface area contributed by atoms with Gasteiger partial charge in [-0.25, -0.2) is 0 Å². The molecule has 0 aliphatic carbocycles. The molecule has 0 radical (unpaired) electrons. The quantitative estimate of drug-likeness (QED) is 0.202. The predicted molar refractivity (Wildman–Crippen MR) is 121 cm³/mol. The van der Waals surface area contributed by atoms with E-state index >= 15 is 0 Å². The molecule has 2 fully saturated rings. The SMILES string of the molecule is C[N+]1(CCNC(=O)C(Cc2ccccc2)NC(=O)C[N+]2(C)CCCCC2)CCOCC1.[I-].[I-]. The molecule has 0 spiro atoms. The minimum absolute atomic E-state index is 0. The Labute approximate surface area is 233 Å². The summed E-state index contributed by atoms with van der Waals surface area (Å²) in [4.78, 5) is 25.9. The first-order chi connectivity index (χ1) is 14.9. The van der Waals surface area contributed by atoms with Crippen LogP contribution in [0.25, 0.3) is 0 Å². The van der Waals surface area contributed by atoms with Gasteiger partial charge < -0.3 is 72.3 Å². The van der Waals surface area contributed by atoms with Crippen molar-refractivity contribution in [3.63, 3.8) is 0 Å². The number of hydrogen-bond donors (Lipinski definition) is 2. The second-order valence-corrected chi connectivity index (χ2v) is 9.79. The molecule has 2 saturated heterocycles. The molecule has 1 aromatic rings. The number of amides is 2. The summed E-state index contributed by atoms with van der Waals surface area (Å²) in [6, 6.07) is 9.35. The first kappa shape index (κ1) is 30.5. The zero-order valence-corrected chi connectivity index (χ0v) is 24.3. The number of quaternary nitrogens is 2. The summed E-state index contributed by atoms with van der Waals surface area (Å²) in [6.45, 7) is 7.45. The summed E-state index contributed by atoms with van der Waals surface area (Å²) in [7, 11) is 4.36. The van der Waals surface area contributed by atoms with Gasteiger partial charge in [0.15, 0.2) is 6.54 Å². The van der Waals surface area contributed by atoms with Gasteiger partial charge in [0.2, 0.25) is 5.91 Å². The van der Waals surface area contributed by atoms with Crippen LogP contribution >= 0.6 is 0 Å². The summed E-state index contributed by atoms with van der Waals surface area (Å²) in [6.07, 6.45) is 4.08. The molecule has 2 aliphatic rings. The summed E-state index contributed by atoms with van der Waals surface area (Å²) in [5, 5.41) is 6.12. The smallest absolute Gasteiger partial charge is 0.275 e. The average Bonchev–Trinajstić information content (AvgIpc) is 2.74. The van der Waals surface area contributed by atoms with Crippen LogP contribution in [0.5, 0.6) is 0 Å². The van der Waals surface area contributed by atoms with Crippen molar-refractivity contribution in [3.05, 3.63) is 35.9 Å². The maximum Gasteiger partial charge on any atom is 0.275 e. The lowest BCUT2D eigenvalue weighted by Gasteiger charge is -2.38. The Kier molecular flexibility index (Phi) is 13.7. The van der Waals surface area contributed by atoms with Crippen molar-refractivity contribution < 1.29 is 71.2 Å². The number of nitrogens with zero attached hydrogens (tertiary/aromatic N) is 2. The van der Waals surface area contributed by atoms with E-state index in [0.717, 1.165) is 60.5 Å². The van der Waals surface area contributed by atoms with Crippen LogP contribution in [0.15, 0.2) is 30.3 Å². The van der Waals surface area contributed by atoms with E-state index in [1.54, 1.807) is 0 Å². The fraction of sp³-hybridized carbons (Fsp3) is 0.667. The normalized spacial score (nSPS) is 19.8. The molecule has 1 atom stereocenters. The maximum absolute atomic E-state index is 13.0. The van der Waals surface area contributed by atoms with Gasteiger partial charge in [-0.15, -0.1) is 0 Å². The highest BCUT2D eigenvalue weighted by Crippen LogP contribution is 2.15. The zero-order chi connectivity index (χ0) is 22.2. The number of ether oxygens (including phenoxy) is 1. The first-order valence-electron chi connectivity index (χ1n) is 11.7. The van der Waals surface area contributed by atoms with Crippen molar-refractivity contribution in [3.8, 4) is 0 Å². The van der Waals surface area contributed by atoms with Crippen LogP contribution in [0.3, 0.4) is 0 Å². The minimum Gasteiger partial charge on any atom is -1.00 e. The summed E-state index contributed by atoms with van der Waals surface area (Å²) in [5.74, 6) is -0.133. The van der Waals surface area contributed by atoms with Crippen LogP contribution in [-0.4, -0.2) is 99.9 Å². The lowest BCUT2D eigenvalue weighted by Crippen LogP contribution is -3.00. The Morgan fingerprint density at radius 2 is 1.58 bits per heavy atom. The van der Waals surface area contributed by atoms with Gasteiger partial charge in [0.1, 0.15) is 19.1 Å². The van der Waals surface area contributed by atoms with Crippen LogP contribution in [0, 0.1) is 0 Å². The van der Waals surface area contributed by atoms with Crippen molar-refractivity contribution in [2.24, 2.45) is 0 Å². The van der Waals surface area contributed by atoms with E-state index < -0.39 is 6.04 Å². The lowest BCUT2D eigenvalue weighted by molar-refractivity contribution is -0.915. The van der Waals surface area contributed by atoms with E-state index in [1.165, 1.54) is 19.3 Å². The molecule has 2 aliphatic heterocycles. The molecule has 1 unspecified atom stereocenters. The maximum atomic E-state index is 13.0. The van der Waals surface area contributed by atoms with Gasteiger partial charge in [0.05, 0.1) is 53.5 Å². The van der Waals surface area contributed by atoms with Gasteiger partial charge in [0, 0.05) is 6.42 Å². The van der Waals surface area contributed by atoms with Crippen LogP contribution in [0.1, 0.15) is 24.8 Å². The highest BCUT2D eigenvalue weighted by atomic mass is 127. The van der Waals surface area contributed by atoms with Crippen molar-refractivity contribution in [1.29, 1.82) is 0 Å². The third kappa shape index (κ3) is 10.3. The Morgan fingerprint density at radius 1 is 0.939 bits per heavy atom. The molecule has 188 valence electrons. The molecule has 0 saturated carbocycles. The molecule has 33 heavy (non-hydrogen) atoms. The number of carbonyl (C=O) groups is 2. The number of likely N-dealkylation sites (N-methyl/N-ethyl adjacent to an activating group) is 2. The monoisotopic (exact) mass is 686 g/mol. The number of benzene rings is 1. The van der Waals surface area contributed by atoms with Crippen LogP contribution in [-0.2, 0) is 20.7 Å². The highest BCUT2D eigenvalue weighted by molar-refractivity contribution is 5.88. The molecule has 0 bridgehead atoms. The molecule has 0 aromatic heterocycles. The molecule has 9 heteroatoms. The number of hydrogen-bond acceptors (Lipinski definition) is 3. The van der Waals surface area contributed by atoms with E-state index in [1.807, 2.05) is 30.3 Å². The first-order valence-corrected chi connectivity index (χ1v) is 11.7. The number of likely N-dealkylation sites (tertiary alicyclic amines) is 1. The molecule has 2 N–H and O–H groups in total. The Bertz CT molecular complexity index is 724. The van der Waals surface area contributed by atoms with Crippen molar-refractivity contribution in [1.82, 2.24) is 10.6 Å². The van der Waals surface area contributed by atoms with Gasteiger partial charge >= 0.3 is 0 Å². The van der Waals surface area contributed by atoms with Gasteiger partial charge in [-0.2, -0.15) is 0 Å². The number of morpholine rings is 1. The fourth-order valence-electron chi connectivity index (χ4n) is 4.66. The highest BCUT2D eigenvalue weighted by Gasteiger charge is 2.30. The zero-order valence-electron chi connectivity index (χ0n) is 20.0. The number of halogens is 2. The van der Waals surface area contributed by atoms with Crippen molar-refractivity contribution in [2.45, 2.75) is 31.7 Å². The third-order valence-corrected chi connectivity index (χ3v) is 6.86. The third-order valence-electron chi connectivity index (χ3n) is 6.86. The van der Waals surface area contributed by atoms with Crippen LogP contribution in [0.4, 0.5) is 0 Å². The Morgan fingerprint density at radius 3 is 2.21 bits per heavy atom. The van der Waals surface area contributed by atoms with E-state index in [9.17, 15) is 9.59 Å². The molecular formula is C24H40I2N4O3. The van der Waals surface area contributed by atoms with Crippen molar-refractivity contribution in [2.75, 3.05) is 73.1 Å². The molecule has 7 nitrogen and oxygen atoms in total. The molecule has 1 aromatic carbocycles. The van der Waals surface area contributed by atoms with Gasteiger partial charge in [-0.1, -0.05) is 30.3 Å². The van der Waals surface area contributed by atoms with Gasteiger partial charge in [-0.3, -0.25) is 9.59 Å². The largest absolute Gasteiger partial charge is 1.00 e. The standard InChI is InChI=1S/C24H38N4O3.2HI/c1-27(15-17-31-18-16-27)14-11-25-24(30)22(19-21-9-5-3-6-10-21)26-23(29)20-28(2)12-7-4-8-13-28;;/h3,5-6,9-10,22H,4,7-8,11-20H2,1-2H3;2*1H. The topological polar surface area (TPSA) is 67.4 Å². The molecule has 3 rings (SSSR count). The summed E-state index contributed by atoms with van der Waals surface area (Å²) >= 11 is 0. The Hall–Kier alpha value is -0.500. The summed E-state index contributed by atoms with van der Waals surface area (Å²) < 4.78 is 7.14. The number of piperidine rings is 1. The van der Waals surface area contributed by atoms with Crippen LogP contribution in [0.2, 0.25) is 0 Å². The minimum atomic E-state index is -0.554. The molecule has 2 heterocycles. The Balaban J connectivity index is 0.00000272.